The fourth-order valence-electron chi connectivity index (χ4n) is 3.11. The van der Waals surface area contributed by atoms with Crippen LogP contribution in [-0.4, -0.2) is 21.2 Å². The van der Waals surface area contributed by atoms with E-state index < -0.39 is 0 Å². The molecule has 0 bridgehead atoms. The van der Waals surface area contributed by atoms with Crippen molar-refractivity contribution in [3.8, 4) is 0 Å². The van der Waals surface area contributed by atoms with Gasteiger partial charge in [0.2, 0.25) is 5.82 Å². The number of hydrogen-bond acceptors (Lipinski definition) is 4. The number of aryl methyl sites for hydroxylation is 1. The summed E-state index contributed by atoms with van der Waals surface area (Å²) in [5, 5.41) is 5.64. The number of carbonyl (C=O) groups excluding carboxylic acids is 2. The van der Waals surface area contributed by atoms with Crippen molar-refractivity contribution >= 4 is 17.3 Å². The van der Waals surface area contributed by atoms with Gasteiger partial charge in [0.15, 0.2) is 5.69 Å². The number of fused-ring (bicyclic) bond motifs is 1. The van der Waals surface area contributed by atoms with Crippen LogP contribution in [-0.2, 0) is 13.1 Å². The number of rotatable bonds is 6. The van der Waals surface area contributed by atoms with Crippen molar-refractivity contribution < 1.29 is 14.0 Å². The SMILES string of the molecule is Cc1cccc(CNC(=O)c2nc(C(=O)NCc3ccco3)c3ccccn23)c1. The maximum atomic E-state index is 12.8. The molecule has 4 aromatic rings. The molecule has 0 saturated heterocycles. The normalized spacial score (nSPS) is 10.8. The Balaban J connectivity index is 1.54. The minimum Gasteiger partial charge on any atom is -0.467 e. The Kier molecular flexibility index (Phi) is 5.11. The van der Waals surface area contributed by atoms with Crippen LogP contribution in [0.5, 0.6) is 0 Å². The zero-order valence-corrected chi connectivity index (χ0v) is 15.9. The Morgan fingerprint density at radius 3 is 2.66 bits per heavy atom. The standard InChI is InChI=1S/C22H20N4O3/c1-15-6-4-7-16(12-15)13-23-22(28)20-25-19(18-9-2-3-10-26(18)20)21(27)24-14-17-8-5-11-29-17/h2-12H,13-14H2,1H3,(H,23,28)(H,24,27). The molecule has 7 heteroatoms. The zero-order chi connectivity index (χ0) is 20.2. The van der Waals surface area contributed by atoms with Gasteiger partial charge in [-0.3, -0.25) is 14.0 Å². The maximum Gasteiger partial charge on any atom is 0.287 e. The van der Waals surface area contributed by atoms with E-state index in [0.717, 1.165) is 11.1 Å². The highest BCUT2D eigenvalue weighted by molar-refractivity contribution is 6.02. The minimum absolute atomic E-state index is 0.163. The molecule has 0 radical (unpaired) electrons. The summed E-state index contributed by atoms with van der Waals surface area (Å²) in [7, 11) is 0. The Hall–Kier alpha value is -3.87. The second-order valence-corrected chi connectivity index (χ2v) is 6.67. The molecule has 0 fully saturated rings. The van der Waals surface area contributed by atoms with E-state index in [1.807, 2.05) is 31.2 Å². The first kappa shape index (κ1) is 18.5. The predicted molar refractivity (Wildman–Crippen MR) is 107 cm³/mol. The number of imidazole rings is 1. The number of nitrogens with zero attached hydrogens (tertiary/aromatic N) is 2. The van der Waals surface area contributed by atoms with Gasteiger partial charge in [-0.1, -0.05) is 35.9 Å². The van der Waals surface area contributed by atoms with Crippen molar-refractivity contribution in [2.24, 2.45) is 0 Å². The minimum atomic E-state index is -0.372. The van der Waals surface area contributed by atoms with Crippen molar-refractivity contribution in [1.29, 1.82) is 0 Å². The maximum absolute atomic E-state index is 12.8. The van der Waals surface area contributed by atoms with Crippen LogP contribution >= 0.6 is 0 Å². The van der Waals surface area contributed by atoms with Gasteiger partial charge in [-0.05, 0) is 36.8 Å². The number of amides is 2. The first-order valence-corrected chi connectivity index (χ1v) is 9.23. The van der Waals surface area contributed by atoms with Crippen LogP contribution in [0.2, 0.25) is 0 Å². The summed E-state index contributed by atoms with van der Waals surface area (Å²) in [6, 6.07) is 16.8. The van der Waals surface area contributed by atoms with E-state index in [-0.39, 0.29) is 29.9 Å². The smallest absolute Gasteiger partial charge is 0.287 e. The first-order chi connectivity index (χ1) is 14.1. The Morgan fingerprint density at radius 2 is 1.86 bits per heavy atom. The molecule has 0 saturated carbocycles. The molecule has 29 heavy (non-hydrogen) atoms. The summed E-state index contributed by atoms with van der Waals surface area (Å²) < 4.78 is 6.85. The summed E-state index contributed by atoms with van der Waals surface area (Å²) in [4.78, 5) is 29.7. The number of aromatic nitrogens is 2. The van der Waals surface area contributed by atoms with Crippen LogP contribution in [0.1, 0.15) is 38.0 Å². The summed E-state index contributed by atoms with van der Waals surface area (Å²) in [6.07, 6.45) is 3.26. The Morgan fingerprint density at radius 1 is 1.00 bits per heavy atom. The number of pyridine rings is 1. The molecule has 7 nitrogen and oxygen atoms in total. The highest BCUT2D eigenvalue weighted by Crippen LogP contribution is 2.14. The monoisotopic (exact) mass is 388 g/mol. The number of hydrogen-bond donors (Lipinski definition) is 2. The van der Waals surface area contributed by atoms with Gasteiger partial charge in [0, 0.05) is 12.7 Å². The lowest BCUT2D eigenvalue weighted by Gasteiger charge is -2.05. The molecular formula is C22H20N4O3. The average molecular weight is 388 g/mol. The van der Waals surface area contributed by atoms with Crippen LogP contribution in [0.15, 0.2) is 71.5 Å². The second-order valence-electron chi connectivity index (χ2n) is 6.67. The highest BCUT2D eigenvalue weighted by atomic mass is 16.3. The van der Waals surface area contributed by atoms with Gasteiger partial charge in [0.05, 0.1) is 18.3 Å². The number of furan rings is 1. The molecule has 0 atom stereocenters. The van der Waals surface area contributed by atoms with Gasteiger partial charge in [0.25, 0.3) is 11.8 Å². The van der Waals surface area contributed by atoms with E-state index in [2.05, 4.69) is 15.6 Å². The lowest BCUT2D eigenvalue weighted by atomic mass is 10.1. The molecule has 2 N–H and O–H groups in total. The van der Waals surface area contributed by atoms with E-state index in [9.17, 15) is 9.59 Å². The molecule has 0 spiro atoms. The summed E-state index contributed by atoms with van der Waals surface area (Å²) in [5.74, 6) is 0.0787. The molecule has 0 aliphatic carbocycles. The van der Waals surface area contributed by atoms with Crippen LogP contribution < -0.4 is 10.6 Å². The van der Waals surface area contributed by atoms with Crippen molar-refractivity contribution in [2.45, 2.75) is 20.0 Å². The van der Waals surface area contributed by atoms with Crippen LogP contribution in [0.3, 0.4) is 0 Å². The second kappa shape index (κ2) is 8.02. The highest BCUT2D eigenvalue weighted by Gasteiger charge is 2.21. The van der Waals surface area contributed by atoms with Gasteiger partial charge < -0.3 is 15.1 Å². The molecule has 2 amide bonds. The van der Waals surface area contributed by atoms with Gasteiger partial charge in [0.1, 0.15) is 5.76 Å². The predicted octanol–water partition coefficient (Wildman–Crippen LogP) is 3.10. The van der Waals surface area contributed by atoms with E-state index in [4.69, 9.17) is 4.42 Å². The largest absolute Gasteiger partial charge is 0.467 e. The lowest BCUT2D eigenvalue weighted by molar-refractivity contribution is 0.0939. The summed E-state index contributed by atoms with van der Waals surface area (Å²) in [5.41, 5.74) is 2.87. The molecule has 3 aromatic heterocycles. The van der Waals surface area contributed by atoms with Gasteiger partial charge in [-0.15, -0.1) is 0 Å². The van der Waals surface area contributed by atoms with Crippen LogP contribution in [0, 0.1) is 6.92 Å². The van der Waals surface area contributed by atoms with E-state index >= 15 is 0 Å². The third kappa shape index (κ3) is 4.03. The number of carbonyl (C=O) groups is 2. The third-order valence-corrected chi connectivity index (χ3v) is 4.51. The van der Waals surface area contributed by atoms with Crippen molar-refractivity contribution in [3.05, 3.63) is 95.5 Å². The lowest BCUT2D eigenvalue weighted by Crippen LogP contribution is -2.26. The van der Waals surface area contributed by atoms with Crippen molar-refractivity contribution in [1.82, 2.24) is 20.0 Å². The van der Waals surface area contributed by atoms with Crippen LogP contribution in [0.25, 0.3) is 5.52 Å². The molecule has 3 heterocycles. The van der Waals surface area contributed by atoms with Gasteiger partial charge in [-0.25, -0.2) is 4.98 Å². The molecule has 4 rings (SSSR count). The van der Waals surface area contributed by atoms with Crippen LogP contribution in [0.4, 0.5) is 0 Å². The quantitative estimate of drug-likeness (QED) is 0.531. The molecule has 146 valence electrons. The van der Waals surface area contributed by atoms with E-state index in [1.165, 1.54) is 0 Å². The average Bonchev–Trinajstić information content (AvgIpc) is 3.38. The Bertz CT molecular complexity index is 1160. The van der Waals surface area contributed by atoms with E-state index in [1.54, 1.807) is 47.2 Å². The summed E-state index contributed by atoms with van der Waals surface area (Å²) >= 11 is 0. The number of benzene rings is 1. The van der Waals surface area contributed by atoms with E-state index in [0.29, 0.717) is 17.8 Å². The van der Waals surface area contributed by atoms with Gasteiger partial charge in [-0.2, -0.15) is 0 Å². The fraction of sp³-hybridized carbons (Fsp3) is 0.136. The molecule has 0 aliphatic heterocycles. The molecule has 0 unspecified atom stereocenters. The first-order valence-electron chi connectivity index (χ1n) is 9.23. The van der Waals surface area contributed by atoms with Crippen molar-refractivity contribution in [2.75, 3.05) is 0 Å². The fourth-order valence-corrected chi connectivity index (χ4v) is 3.11. The topological polar surface area (TPSA) is 88.6 Å². The van der Waals surface area contributed by atoms with Gasteiger partial charge >= 0.3 is 0 Å². The van der Waals surface area contributed by atoms with Crippen molar-refractivity contribution in [3.63, 3.8) is 0 Å². The molecule has 1 aromatic carbocycles. The molecule has 0 aliphatic rings. The molecular weight excluding hydrogens is 368 g/mol. The summed E-state index contributed by atoms with van der Waals surface area (Å²) in [6.45, 7) is 2.62. The third-order valence-electron chi connectivity index (χ3n) is 4.51. The zero-order valence-electron chi connectivity index (χ0n) is 15.9. The number of nitrogens with one attached hydrogen (secondary N) is 2. The Labute approximate surface area is 167 Å².